The summed E-state index contributed by atoms with van der Waals surface area (Å²) >= 11 is 3.53. The van der Waals surface area contributed by atoms with Crippen LogP contribution in [0.4, 0.5) is 5.82 Å². The van der Waals surface area contributed by atoms with E-state index in [1.54, 1.807) is 0 Å². The standard InChI is InChI=1S/C16H19BrN2/c1-11-5-7-19(8-6-11)16-9-12(2)14-10-13(17)3-4-15(14)18-16/h3-4,9-11H,5-8H2,1-2H3. The molecule has 2 aromatic rings. The molecule has 1 saturated heterocycles. The molecule has 0 amide bonds. The van der Waals surface area contributed by atoms with Gasteiger partial charge in [0, 0.05) is 22.9 Å². The topological polar surface area (TPSA) is 16.1 Å². The Morgan fingerprint density at radius 2 is 1.95 bits per heavy atom. The van der Waals surface area contributed by atoms with Crippen molar-refractivity contribution in [1.82, 2.24) is 4.98 Å². The molecular weight excluding hydrogens is 300 g/mol. The Balaban J connectivity index is 1.99. The zero-order valence-electron chi connectivity index (χ0n) is 11.5. The predicted molar refractivity (Wildman–Crippen MR) is 84.8 cm³/mol. The van der Waals surface area contributed by atoms with Gasteiger partial charge in [-0.2, -0.15) is 0 Å². The van der Waals surface area contributed by atoms with Gasteiger partial charge in [0.25, 0.3) is 0 Å². The fraction of sp³-hybridized carbons (Fsp3) is 0.438. The van der Waals surface area contributed by atoms with Crippen LogP contribution in [0.25, 0.3) is 10.9 Å². The molecule has 0 radical (unpaired) electrons. The van der Waals surface area contributed by atoms with Gasteiger partial charge in [-0.15, -0.1) is 0 Å². The van der Waals surface area contributed by atoms with Gasteiger partial charge in [0.1, 0.15) is 5.82 Å². The summed E-state index contributed by atoms with van der Waals surface area (Å²) in [5.74, 6) is 1.99. The minimum Gasteiger partial charge on any atom is -0.357 e. The van der Waals surface area contributed by atoms with Gasteiger partial charge in [0.2, 0.25) is 0 Å². The second-order valence-electron chi connectivity index (χ2n) is 5.63. The molecule has 2 heterocycles. The molecule has 19 heavy (non-hydrogen) atoms. The second-order valence-corrected chi connectivity index (χ2v) is 6.54. The first-order valence-corrected chi connectivity index (χ1v) is 7.74. The van der Waals surface area contributed by atoms with E-state index < -0.39 is 0 Å². The molecule has 3 rings (SSSR count). The fourth-order valence-electron chi connectivity index (χ4n) is 2.75. The predicted octanol–water partition coefficient (Wildman–Crippen LogP) is 4.54. The number of fused-ring (bicyclic) bond motifs is 1. The number of halogens is 1. The molecule has 2 nitrogen and oxygen atoms in total. The third-order valence-corrected chi connectivity index (χ3v) is 4.56. The van der Waals surface area contributed by atoms with Gasteiger partial charge >= 0.3 is 0 Å². The number of hydrogen-bond donors (Lipinski definition) is 0. The molecule has 0 atom stereocenters. The molecule has 0 spiro atoms. The number of rotatable bonds is 1. The van der Waals surface area contributed by atoms with Crippen LogP contribution in [-0.4, -0.2) is 18.1 Å². The first-order valence-electron chi connectivity index (χ1n) is 6.95. The number of aromatic nitrogens is 1. The van der Waals surface area contributed by atoms with Crippen LogP contribution in [0.5, 0.6) is 0 Å². The molecular formula is C16H19BrN2. The molecule has 0 saturated carbocycles. The lowest BCUT2D eigenvalue weighted by molar-refractivity contribution is 0.437. The Hall–Kier alpha value is -1.09. The largest absolute Gasteiger partial charge is 0.357 e. The summed E-state index contributed by atoms with van der Waals surface area (Å²) in [4.78, 5) is 7.26. The Morgan fingerprint density at radius 3 is 2.68 bits per heavy atom. The lowest BCUT2D eigenvalue weighted by atomic mass is 9.99. The van der Waals surface area contributed by atoms with Crippen LogP contribution in [0.15, 0.2) is 28.7 Å². The Kier molecular flexibility index (Phi) is 3.48. The molecule has 1 aliphatic rings. The molecule has 0 unspecified atom stereocenters. The SMILES string of the molecule is Cc1cc(N2CCC(C)CC2)nc2ccc(Br)cc12. The highest BCUT2D eigenvalue weighted by molar-refractivity contribution is 9.10. The molecule has 0 N–H and O–H groups in total. The molecule has 0 bridgehead atoms. The van der Waals surface area contributed by atoms with Crippen LogP contribution in [0, 0.1) is 12.8 Å². The van der Waals surface area contributed by atoms with Gasteiger partial charge in [-0.05, 0) is 55.5 Å². The summed E-state index contributed by atoms with van der Waals surface area (Å²) in [7, 11) is 0. The van der Waals surface area contributed by atoms with Gasteiger partial charge in [-0.25, -0.2) is 4.98 Å². The first-order chi connectivity index (χ1) is 9.13. The summed E-state index contributed by atoms with van der Waals surface area (Å²) < 4.78 is 1.12. The summed E-state index contributed by atoms with van der Waals surface area (Å²) in [5.41, 5.74) is 2.40. The number of anilines is 1. The zero-order chi connectivity index (χ0) is 13.4. The molecule has 1 fully saturated rings. The van der Waals surface area contributed by atoms with E-state index >= 15 is 0 Å². The average molecular weight is 319 g/mol. The van der Waals surface area contributed by atoms with Crippen molar-refractivity contribution in [2.24, 2.45) is 5.92 Å². The number of piperidine rings is 1. The zero-order valence-corrected chi connectivity index (χ0v) is 13.1. The third kappa shape index (κ3) is 2.62. The van der Waals surface area contributed by atoms with Gasteiger partial charge < -0.3 is 4.90 Å². The number of hydrogen-bond acceptors (Lipinski definition) is 2. The number of benzene rings is 1. The van der Waals surface area contributed by atoms with Crippen molar-refractivity contribution in [3.05, 3.63) is 34.3 Å². The number of nitrogens with zero attached hydrogens (tertiary/aromatic N) is 2. The van der Waals surface area contributed by atoms with Crippen LogP contribution in [0.1, 0.15) is 25.3 Å². The minimum atomic E-state index is 0.855. The smallest absolute Gasteiger partial charge is 0.129 e. The molecule has 100 valence electrons. The van der Waals surface area contributed by atoms with Crippen LogP contribution >= 0.6 is 15.9 Å². The van der Waals surface area contributed by atoms with Gasteiger partial charge in [-0.3, -0.25) is 0 Å². The summed E-state index contributed by atoms with van der Waals surface area (Å²) in [5, 5.41) is 1.24. The van der Waals surface area contributed by atoms with Crippen molar-refractivity contribution in [2.75, 3.05) is 18.0 Å². The Labute approximate surface area is 123 Å². The van der Waals surface area contributed by atoms with Crippen molar-refractivity contribution >= 4 is 32.7 Å². The normalized spacial score (nSPS) is 17.1. The van der Waals surface area contributed by atoms with E-state index in [0.29, 0.717) is 0 Å². The molecule has 1 aliphatic heterocycles. The van der Waals surface area contributed by atoms with Crippen LogP contribution in [0.3, 0.4) is 0 Å². The van der Waals surface area contributed by atoms with E-state index in [0.717, 1.165) is 34.8 Å². The van der Waals surface area contributed by atoms with Crippen molar-refractivity contribution < 1.29 is 0 Å². The van der Waals surface area contributed by atoms with Crippen molar-refractivity contribution in [2.45, 2.75) is 26.7 Å². The molecule has 1 aromatic carbocycles. The highest BCUT2D eigenvalue weighted by atomic mass is 79.9. The highest BCUT2D eigenvalue weighted by Gasteiger charge is 2.17. The monoisotopic (exact) mass is 318 g/mol. The van der Waals surface area contributed by atoms with E-state index in [4.69, 9.17) is 4.98 Å². The lowest BCUT2D eigenvalue weighted by Gasteiger charge is -2.31. The molecule has 3 heteroatoms. The van der Waals surface area contributed by atoms with Crippen molar-refractivity contribution in [3.8, 4) is 0 Å². The van der Waals surface area contributed by atoms with E-state index in [2.05, 4.69) is 58.9 Å². The quantitative estimate of drug-likeness (QED) is 0.767. The van der Waals surface area contributed by atoms with Crippen LogP contribution < -0.4 is 4.90 Å². The van der Waals surface area contributed by atoms with Crippen LogP contribution in [-0.2, 0) is 0 Å². The van der Waals surface area contributed by atoms with Crippen LogP contribution in [0.2, 0.25) is 0 Å². The molecule has 1 aromatic heterocycles. The van der Waals surface area contributed by atoms with E-state index in [1.165, 1.54) is 23.8 Å². The maximum absolute atomic E-state index is 4.83. The maximum atomic E-state index is 4.83. The maximum Gasteiger partial charge on any atom is 0.129 e. The highest BCUT2D eigenvalue weighted by Crippen LogP contribution is 2.27. The lowest BCUT2D eigenvalue weighted by Crippen LogP contribution is -2.33. The average Bonchev–Trinajstić information content (AvgIpc) is 2.40. The van der Waals surface area contributed by atoms with Gasteiger partial charge in [0.05, 0.1) is 5.52 Å². The first kappa shape index (κ1) is 12.9. The Bertz CT molecular complexity index is 601. The van der Waals surface area contributed by atoms with Crippen molar-refractivity contribution in [1.29, 1.82) is 0 Å². The molecule has 0 aliphatic carbocycles. The summed E-state index contributed by atoms with van der Waals surface area (Å²) in [6.07, 6.45) is 2.55. The number of pyridine rings is 1. The third-order valence-electron chi connectivity index (χ3n) is 4.07. The van der Waals surface area contributed by atoms with E-state index in [-0.39, 0.29) is 0 Å². The minimum absolute atomic E-state index is 0.855. The van der Waals surface area contributed by atoms with Gasteiger partial charge in [-0.1, -0.05) is 22.9 Å². The summed E-state index contributed by atoms with van der Waals surface area (Å²) in [6, 6.07) is 8.55. The van der Waals surface area contributed by atoms with E-state index in [9.17, 15) is 0 Å². The number of aryl methyl sites for hydroxylation is 1. The summed E-state index contributed by atoms with van der Waals surface area (Å²) in [6.45, 7) is 6.78. The van der Waals surface area contributed by atoms with E-state index in [1.807, 2.05) is 0 Å². The second kappa shape index (κ2) is 5.12. The van der Waals surface area contributed by atoms with Gasteiger partial charge in [0.15, 0.2) is 0 Å². The van der Waals surface area contributed by atoms with Crippen molar-refractivity contribution in [3.63, 3.8) is 0 Å². The Morgan fingerprint density at radius 1 is 1.21 bits per heavy atom. The fourth-order valence-corrected chi connectivity index (χ4v) is 3.11.